The van der Waals surface area contributed by atoms with Gasteiger partial charge in [0, 0.05) is 6.20 Å². The van der Waals surface area contributed by atoms with Gasteiger partial charge in [-0.2, -0.15) is 0 Å². The number of anilines is 1. The SMILES string of the molecule is Cc1cc(C)cc(C(O)c2cnc(N)s2)c1. The Bertz CT molecular complexity index is 487. The molecule has 1 unspecified atom stereocenters. The topological polar surface area (TPSA) is 59.1 Å². The molecular formula is C12H14N2OS. The first kappa shape index (κ1) is 11.1. The largest absolute Gasteiger partial charge is 0.383 e. The predicted octanol–water partition coefficient (Wildman–Crippen LogP) is 2.42. The average Bonchev–Trinajstić information content (AvgIpc) is 2.62. The van der Waals surface area contributed by atoms with Gasteiger partial charge in [-0.1, -0.05) is 40.7 Å². The van der Waals surface area contributed by atoms with Crippen LogP contribution in [-0.4, -0.2) is 10.1 Å². The Morgan fingerprint density at radius 3 is 2.38 bits per heavy atom. The molecule has 0 bridgehead atoms. The van der Waals surface area contributed by atoms with Crippen LogP contribution < -0.4 is 5.73 Å². The van der Waals surface area contributed by atoms with E-state index in [-0.39, 0.29) is 0 Å². The normalized spacial score (nSPS) is 12.7. The Balaban J connectivity index is 2.37. The van der Waals surface area contributed by atoms with Crippen LogP contribution in [0.4, 0.5) is 5.13 Å². The summed E-state index contributed by atoms with van der Waals surface area (Å²) in [7, 11) is 0. The van der Waals surface area contributed by atoms with Crippen molar-refractivity contribution in [2.45, 2.75) is 20.0 Å². The molecule has 0 aliphatic rings. The molecule has 0 spiro atoms. The van der Waals surface area contributed by atoms with E-state index in [1.807, 2.05) is 26.0 Å². The zero-order chi connectivity index (χ0) is 11.7. The number of aliphatic hydroxyl groups is 1. The third-order valence-electron chi connectivity index (χ3n) is 2.37. The lowest BCUT2D eigenvalue weighted by molar-refractivity contribution is 0.224. The maximum Gasteiger partial charge on any atom is 0.180 e. The number of nitrogen functional groups attached to an aromatic ring is 1. The molecule has 0 saturated carbocycles. The predicted molar refractivity (Wildman–Crippen MR) is 66.5 cm³/mol. The van der Waals surface area contributed by atoms with Crippen LogP contribution in [0.5, 0.6) is 0 Å². The van der Waals surface area contributed by atoms with Crippen molar-refractivity contribution in [3.05, 3.63) is 46.0 Å². The van der Waals surface area contributed by atoms with Crippen LogP contribution >= 0.6 is 11.3 Å². The summed E-state index contributed by atoms with van der Waals surface area (Å²) in [6, 6.07) is 6.04. The van der Waals surface area contributed by atoms with Crippen molar-refractivity contribution >= 4 is 16.5 Å². The van der Waals surface area contributed by atoms with Crippen molar-refractivity contribution in [3.63, 3.8) is 0 Å². The highest BCUT2D eigenvalue weighted by Gasteiger charge is 2.13. The van der Waals surface area contributed by atoms with Gasteiger partial charge in [0.15, 0.2) is 5.13 Å². The molecule has 1 aromatic carbocycles. The number of aromatic nitrogens is 1. The van der Waals surface area contributed by atoms with E-state index < -0.39 is 6.10 Å². The summed E-state index contributed by atoms with van der Waals surface area (Å²) in [5, 5.41) is 10.7. The number of aryl methyl sites for hydroxylation is 2. The monoisotopic (exact) mass is 234 g/mol. The summed E-state index contributed by atoms with van der Waals surface area (Å²) in [5.41, 5.74) is 8.73. The average molecular weight is 234 g/mol. The van der Waals surface area contributed by atoms with Crippen LogP contribution in [0, 0.1) is 13.8 Å². The van der Waals surface area contributed by atoms with Crippen molar-refractivity contribution in [2.75, 3.05) is 5.73 Å². The Morgan fingerprint density at radius 1 is 1.25 bits per heavy atom. The minimum absolute atomic E-state index is 0.485. The molecule has 0 fully saturated rings. The molecule has 0 amide bonds. The second-order valence-corrected chi connectivity index (χ2v) is 5.02. The number of aliphatic hydroxyl groups excluding tert-OH is 1. The number of hydrogen-bond donors (Lipinski definition) is 2. The molecule has 1 heterocycles. The van der Waals surface area contributed by atoms with Gasteiger partial charge in [0.25, 0.3) is 0 Å². The van der Waals surface area contributed by atoms with E-state index in [4.69, 9.17) is 5.73 Å². The van der Waals surface area contributed by atoms with E-state index >= 15 is 0 Å². The number of nitrogens with two attached hydrogens (primary N) is 1. The number of benzene rings is 1. The standard InChI is InChI=1S/C12H14N2OS/c1-7-3-8(2)5-9(4-7)11(15)10-6-14-12(13)16-10/h3-6,11,15H,1-2H3,(H2,13,14). The fourth-order valence-electron chi connectivity index (χ4n) is 1.76. The lowest BCUT2D eigenvalue weighted by Gasteiger charge is -2.10. The second kappa shape index (κ2) is 4.23. The summed E-state index contributed by atoms with van der Waals surface area (Å²) in [4.78, 5) is 4.72. The molecular weight excluding hydrogens is 220 g/mol. The van der Waals surface area contributed by atoms with Gasteiger partial charge < -0.3 is 10.8 Å². The molecule has 1 aromatic heterocycles. The number of thiazole rings is 1. The molecule has 2 rings (SSSR count). The first-order valence-electron chi connectivity index (χ1n) is 5.04. The highest BCUT2D eigenvalue weighted by Crippen LogP contribution is 2.28. The summed E-state index contributed by atoms with van der Waals surface area (Å²) in [6.07, 6.45) is 0.996. The van der Waals surface area contributed by atoms with Gasteiger partial charge >= 0.3 is 0 Å². The Labute approximate surface area is 98.6 Å². The maximum absolute atomic E-state index is 10.2. The zero-order valence-electron chi connectivity index (χ0n) is 9.27. The van der Waals surface area contributed by atoms with Gasteiger partial charge in [-0.25, -0.2) is 4.98 Å². The van der Waals surface area contributed by atoms with Gasteiger partial charge in [0.1, 0.15) is 6.10 Å². The minimum atomic E-state index is -0.631. The molecule has 0 aliphatic heterocycles. The van der Waals surface area contributed by atoms with Gasteiger partial charge in [-0.3, -0.25) is 0 Å². The third-order valence-corrected chi connectivity index (χ3v) is 3.25. The smallest absolute Gasteiger partial charge is 0.180 e. The highest BCUT2D eigenvalue weighted by molar-refractivity contribution is 7.15. The molecule has 2 aromatic rings. The molecule has 3 N–H and O–H groups in total. The quantitative estimate of drug-likeness (QED) is 0.839. The van der Waals surface area contributed by atoms with Crippen LogP contribution in [0.15, 0.2) is 24.4 Å². The van der Waals surface area contributed by atoms with Crippen LogP contribution in [-0.2, 0) is 0 Å². The van der Waals surface area contributed by atoms with Crippen LogP contribution in [0.25, 0.3) is 0 Å². The fraction of sp³-hybridized carbons (Fsp3) is 0.250. The van der Waals surface area contributed by atoms with Crippen molar-refractivity contribution in [3.8, 4) is 0 Å². The van der Waals surface area contributed by atoms with Gasteiger partial charge in [-0.05, 0) is 19.4 Å². The number of hydrogen-bond acceptors (Lipinski definition) is 4. The second-order valence-electron chi connectivity index (χ2n) is 3.92. The number of nitrogens with zero attached hydrogens (tertiary/aromatic N) is 1. The first-order valence-corrected chi connectivity index (χ1v) is 5.85. The molecule has 0 radical (unpaired) electrons. The van der Waals surface area contributed by atoms with Gasteiger partial charge in [0.2, 0.25) is 0 Å². The fourth-order valence-corrected chi connectivity index (χ4v) is 2.46. The van der Waals surface area contributed by atoms with E-state index in [1.54, 1.807) is 6.20 Å². The lowest BCUT2D eigenvalue weighted by Crippen LogP contribution is -1.98. The highest BCUT2D eigenvalue weighted by atomic mass is 32.1. The summed E-state index contributed by atoms with van der Waals surface area (Å²) < 4.78 is 0. The lowest BCUT2D eigenvalue weighted by atomic mass is 10.0. The van der Waals surface area contributed by atoms with Crippen molar-refractivity contribution < 1.29 is 5.11 Å². The summed E-state index contributed by atoms with van der Waals surface area (Å²) >= 11 is 1.32. The zero-order valence-corrected chi connectivity index (χ0v) is 10.1. The van der Waals surface area contributed by atoms with Crippen LogP contribution in [0.2, 0.25) is 0 Å². The van der Waals surface area contributed by atoms with Crippen molar-refractivity contribution in [1.82, 2.24) is 4.98 Å². The third kappa shape index (κ3) is 2.23. The summed E-state index contributed by atoms with van der Waals surface area (Å²) in [5.74, 6) is 0. The Hall–Kier alpha value is -1.39. The Morgan fingerprint density at radius 2 is 1.88 bits per heavy atom. The first-order chi connectivity index (χ1) is 7.56. The van der Waals surface area contributed by atoms with Crippen molar-refractivity contribution in [2.24, 2.45) is 0 Å². The molecule has 1 atom stereocenters. The molecule has 16 heavy (non-hydrogen) atoms. The van der Waals surface area contributed by atoms with E-state index in [0.717, 1.165) is 21.6 Å². The summed E-state index contributed by atoms with van der Waals surface area (Å²) in [6.45, 7) is 4.04. The van der Waals surface area contributed by atoms with Crippen molar-refractivity contribution in [1.29, 1.82) is 0 Å². The minimum Gasteiger partial charge on any atom is -0.383 e. The van der Waals surface area contributed by atoms with E-state index in [2.05, 4.69) is 11.1 Å². The van der Waals surface area contributed by atoms with Crippen LogP contribution in [0.1, 0.15) is 27.7 Å². The number of rotatable bonds is 2. The molecule has 4 heteroatoms. The molecule has 0 saturated heterocycles. The molecule has 3 nitrogen and oxygen atoms in total. The molecule has 84 valence electrons. The van der Waals surface area contributed by atoms with Gasteiger partial charge in [-0.15, -0.1) is 0 Å². The van der Waals surface area contributed by atoms with E-state index in [1.165, 1.54) is 11.3 Å². The Kier molecular flexibility index (Phi) is 2.94. The van der Waals surface area contributed by atoms with E-state index in [0.29, 0.717) is 5.13 Å². The molecule has 0 aliphatic carbocycles. The maximum atomic E-state index is 10.2. The van der Waals surface area contributed by atoms with Gasteiger partial charge in [0.05, 0.1) is 4.88 Å². The van der Waals surface area contributed by atoms with E-state index in [9.17, 15) is 5.11 Å². The van der Waals surface area contributed by atoms with Crippen LogP contribution in [0.3, 0.4) is 0 Å².